The molecule has 8 heteroatoms. The maximum atomic E-state index is 13.5. The molecule has 0 radical (unpaired) electrons. The number of hydrazine groups is 1. The number of nitrogens with one attached hydrogen (secondary N) is 2. The molecule has 2 N–H and O–H groups in total. The monoisotopic (exact) mass is 337 g/mol. The van der Waals surface area contributed by atoms with E-state index in [-0.39, 0.29) is 16.3 Å². The molecule has 0 bridgehead atoms. The molecule has 0 aromatic heterocycles. The molecule has 0 spiro atoms. The fourth-order valence-corrected chi connectivity index (χ4v) is 4.36. The molecular formula is C15H16FN3O3S. The van der Waals surface area contributed by atoms with Crippen molar-refractivity contribution in [2.45, 2.75) is 30.7 Å². The van der Waals surface area contributed by atoms with E-state index in [2.05, 4.69) is 10.9 Å². The van der Waals surface area contributed by atoms with Crippen LogP contribution in [0.4, 0.5) is 4.39 Å². The summed E-state index contributed by atoms with van der Waals surface area (Å²) in [6, 6.07) is 4.87. The summed E-state index contributed by atoms with van der Waals surface area (Å²) < 4.78 is 13.5. The summed E-state index contributed by atoms with van der Waals surface area (Å²) in [7, 11) is 0. The lowest BCUT2D eigenvalue weighted by atomic mass is 10.2. The summed E-state index contributed by atoms with van der Waals surface area (Å²) in [5, 5.41) is 0. The summed E-state index contributed by atoms with van der Waals surface area (Å²) in [5.41, 5.74) is 4.33. The van der Waals surface area contributed by atoms with Crippen molar-refractivity contribution in [1.82, 2.24) is 15.8 Å². The minimum atomic E-state index is -0.738. The molecule has 0 aliphatic carbocycles. The van der Waals surface area contributed by atoms with Gasteiger partial charge in [0.05, 0.1) is 10.4 Å². The van der Waals surface area contributed by atoms with Crippen molar-refractivity contribution in [3.05, 3.63) is 35.6 Å². The molecule has 2 aliphatic rings. The van der Waals surface area contributed by atoms with Crippen molar-refractivity contribution < 1.29 is 18.8 Å². The maximum Gasteiger partial charge on any atom is 0.272 e. The van der Waals surface area contributed by atoms with Crippen LogP contribution in [-0.2, 0) is 9.59 Å². The molecule has 3 rings (SSSR count). The lowest BCUT2D eigenvalue weighted by Crippen LogP contribution is -2.54. The number of amides is 3. The molecule has 2 saturated heterocycles. The van der Waals surface area contributed by atoms with E-state index in [1.807, 2.05) is 6.92 Å². The first-order valence-electron chi connectivity index (χ1n) is 7.23. The van der Waals surface area contributed by atoms with Gasteiger partial charge in [-0.1, -0.05) is 12.1 Å². The Hall–Kier alpha value is -2.09. The lowest BCUT2D eigenvalue weighted by Gasteiger charge is -2.29. The Labute approximate surface area is 136 Å². The number of carbonyl (C=O) groups excluding carboxylic acids is 3. The van der Waals surface area contributed by atoms with Gasteiger partial charge in [0.25, 0.3) is 11.8 Å². The number of thioether (sulfide) groups is 1. The second-order valence-electron chi connectivity index (χ2n) is 5.69. The third-order valence-corrected chi connectivity index (χ3v) is 5.67. The first-order chi connectivity index (χ1) is 10.9. The Bertz CT molecular complexity index is 684. The Morgan fingerprint density at radius 2 is 2.09 bits per heavy atom. The Morgan fingerprint density at radius 1 is 1.35 bits per heavy atom. The SMILES string of the molecule is C[C@@]12CCC(=O)N1[C@H](C(=O)NNC(=O)c1ccccc1F)CS2. The molecule has 2 atom stereocenters. The van der Waals surface area contributed by atoms with E-state index in [1.165, 1.54) is 24.3 Å². The summed E-state index contributed by atoms with van der Waals surface area (Å²) in [4.78, 5) is 37.4. The van der Waals surface area contributed by atoms with Crippen LogP contribution in [0.2, 0.25) is 0 Å². The van der Waals surface area contributed by atoms with E-state index in [9.17, 15) is 18.8 Å². The standard InChI is InChI=1S/C15H16FN3O3S/c1-15-7-6-12(20)19(15)11(8-23-15)14(22)18-17-13(21)9-4-2-3-5-10(9)16/h2-5,11H,6-8H2,1H3,(H,17,21)(H,18,22)/t11-,15+/m0/s1. The highest BCUT2D eigenvalue weighted by molar-refractivity contribution is 8.01. The zero-order valence-electron chi connectivity index (χ0n) is 12.5. The van der Waals surface area contributed by atoms with Crippen LogP contribution in [0.1, 0.15) is 30.1 Å². The Kier molecular flexibility index (Phi) is 4.01. The maximum absolute atomic E-state index is 13.5. The zero-order valence-corrected chi connectivity index (χ0v) is 13.3. The number of halogens is 1. The van der Waals surface area contributed by atoms with Crippen LogP contribution >= 0.6 is 11.8 Å². The van der Waals surface area contributed by atoms with Crippen LogP contribution in [0.25, 0.3) is 0 Å². The second-order valence-corrected chi connectivity index (χ2v) is 7.19. The van der Waals surface area contributed by atoms with Crippen LogP contribution < -0.4 is 10.9 Å². The van der Waals surface area contributed by atoms with Gasteiger partial charge < -0.3 is 4.90 Å². The van der Waals surface area contributed by atoms with Gasteiger partial charge >= 0.3 is 0 Å². The largest absolute Gasteiger partial charge is 0.315 e. The van der Waals surface area contributed by atoms with E-state index in [0.29, 0.717) is 18.6 Å². The third-order valence-electron chi connectivity index (χ3n) is 4.17. The molecular weight excluding hydrogens is 321 g/mol. The predicted molar refractivity (Wildman–Crippen MR) is 82.7 cm³/mol. The molecule has 6 nitrogen and oxygen atoms in total. The molecule has 0 saturated carbocycles. The predicted octanol–water partition coefficient (Wildman–Crippen LogP) is 1.04. The summed E-state index contributed by atoms with van der Waals surface area (Å²) in [5.74, 6) is -1.46. The number of fused-ring (bicyclic) bond motifs is 1. The highest BCUT2D eigenvalue weighted by Crippen LogP contribution is 2.47. The van der Waals surface area contributed by atoms with Crippen molar-refractivity contribution in [2.24, 2.45) is 0 Å². The topological polar surface area (TPSA) is 78.5 Å². The van der Waals surface area contributed by atoms with Crippen LogP contribution in [0.3, 0.4) is 0 Å². The second kappa shape index (κ2) is 5.84. The third kappa shape index (κ3) is 2.78. The minimum absolute atomic E-state index is 0.0573. The van der Waals surface area contributed by atoms with Crippen LogP contribution in [0.5, 0.6) is 0 Å². The summed E-state index contributed by atoms with van der Waals surface area (Å²) in [6.07, 6.45) is 1.14. The van der Waals surface area contributed by atoms with Gasteiger partial charge in [0.15, 0.2) is 0 Å². The van der Waals surface area contributed by atoms with E-state index < -0.39 is 23.7 Å². The number of benzene rings is 1. The van der Waals surface area contributed by atoms with Crippen molar-refractivity contribution in [1.29, 1.82) is 0 Å². The number of carbonyl (C=O) groups is 3. The van der Waals surface area contributed by atoms with E-state index in [1.54, 1.807) is 16.7 Å². The van der Waals surface area contributed by atoms with Gasteiger partial charge in [-0.15, -0.1) is 11.8 Å². The molecule has 2 heterocycles. The van der Waals surface area contributed by atoms with Gasteiger partial charge in [-0.2, -0.15) is 0 Å². The average Bonchev–Trinajstić information content (AvgIpc) is 3.02. The molecule has 122 valence electrons. The van der Waals surface area contributed by atoms with Gasteiger partial charge in [0, 0.05) is 12.2 Å². The zero-order chi connectivity index (χ0) is 16.6. The summed E-state index contributed by atoms with van der Waals surface area (Å²) >= 11 is 1.56. The molecule has 2 aliphatic heterocycles. The number of hydrogen-bond acceptors (Lipinski definition) is 4. The van der Waals surface area contributed by atoms with Crippen LogP contribution in [0.15, 0.2) is 24.3 Å². The van der Waals surface area contributed by atoms with Crippen molar-refractivity contribution in [2.75, 3.05) is 5.75 Å². The molecule has 1 aromatic rings. The molecule has 2 fully saturated rings. The number of nitrogens with zero attached hydrogens (tertiary/aromatic N) is 1. The molecule has 1 aromatic carbocycles. The fraction of sp³-hybridized carbons (Fsp3) is 0.400. The summed E-state index contributed by atoms with van der Waals surface area (Å²) in [6.45, 7) is 1.94. The van der Waals surface area contributed by atoms with Crippen molar-refractivity contribution in [3.63, 3.8) is 0 Å². The Morgan fingerprint density at radius 3 is 2.83 bits per heavy atom. The normalized spacial score (nSPS) is 26.1. The number of rotatable bonds is 2. The van der Waals surface area contributed by atoms with Crippen LogP contribution in [-0.4, -0.2) is 39.3 Å². The van der Waals surface area contributed by atoms with Gasteiger partial charge in [-0.25, -0.2) is 4.39 Å². The van der Waals surface area contributed by atoms with E-state index in [0.717, 1.165) is 0 Å². The lowest BCUT2D eigenvalue weighted by molar-refractivity contribution is -0.138. The first kappa shape index (κ1) is 15.8. The van der Waals surface area contributed by atoms with Crippen molar-refractivity contribution in [3.8, 4) is 0 Å². The number of hydrogen-bond donors (Lipinski definition) is 2. The van der Waals surface area contributed by atoms with Gasteiger partial charge in [-0.05, 0) is 25.5 Å². The molecule has 23 heavy (non-hydrogen) atoms. The molecule has 3 amide bonds. The minimum Gasteiger partial charge on any atom is -0.315 e. The van der Waals surface area contributed by atoms with Crippen molar-refractivity contribution >= 4 is 29.5 Å². The smallest absolute Gasteiger partial charge is 0.272 e. The quantitative estimate of drug-likeness (QED) is 0.791. The van der Waals surface area contributed by atoms with Crippen LogP contribution in [0, 0.1) is 5.82 Å². The van der Waals surface area contributed by atoms with Gasteiger partial charge in [0.2, 0.25) is 5.91 Å². The highest BCUT2D eigenvalue weighted by Gasteiger charge is 2.52. The van der Waals surface area contributed by atoms with Gasteiger partial charge in [0.1, 0.15) is 11.9 Å². The van der Waals surface area contributed by atoms with E-state index >= 15 is 0 Å². The van der Waals surface area contributed by atoms with E-state index in [4.69, 9.17) is 0 Å². The Balaban J connectivity index is 1.63. The molecule has 0 unspecified atom stereocenters. The first-order valence-corrected chi connectivity index (χ1v) is 8.22. The van der Waals surface area contributed by atoms with Gasteiger partial charge in [-0.3, -0.25) is 25.2 Å². The average molecular weight is 337 g/mol. The highest BCUT2D eigenvalue weighted by atomic mass is 32.2. The fourth-order valence-electron chi connectivity index (χ4n) is 2.93.